The summed E-state index contributed by atoms with van der Waals surface area (Å²) >= 11 is 0. The Bertz CT molecular complexity index is 692. The highest BCUT2D eigenvalue weighted by molar-refractivity contribution is 5.96. The lowest BCUT2D eigenvalue weighted by Crippen LogP contribution is -2.53. The van der Waals surface area contributed by atoms with Crippen LogP contribution in [-0.4, -0.2) is 23.6 Å². The minimum Gasteiger partial charge on any atom is -0.462 e. The van der Waals surface area contributed by atoms with Crippen molar-refractivity contribution in [3.63, 3.8) is 0 Å². The van der Waals surface area contributed by atoms with Crippen molar-refractivity contribution in [1.82, 2.24) is 0 Å². The molecule has 0 aliphatic heterocycles. The van der Waals surface area contributed by atoms with E-state index >= 15 is 0 Å². The van der Waals surface area contributed by atoms with Crippen LogP contribution < -0.4 is 0 Å². The fourth-order valence-electron chi connectivity index (χ4n) is 6.51. The molecule has 0 N–H and O–H groups in total. The second kappa shape index (κ2) is 6.03. The van der Waals surface area contributed by atoms with E-state index < -0.39 is 0 Å². The molecule has 4 rings (SSSR count). The Morgan fingerprint density at radius 1 is 1.12 bits per heavy atom. The van der Waals surface area contributed by atoms with Gasteiger partial charge in [0.2, 0.25) is 0 Å². The number of carbonyl (C=O) groups is 3. The summed E-state index contributed by atoms with van der Waals surface area (Å²) in [5, 5.41) is 0. The van der Waals surface area contributed by atoms with Crippen LogP contribution in [0.4, 0.5) is 0 Å². The number of rotatable bonds is 2. The Morgan fingerprint density at radius 3 is 2.54 bits per heavy atom. The van der Waals surface area contributed by atoms with Crippen LogP contribution >= 0.6 is 0 Å². The largest absolute Gasteiger partial charge is 0.462 e. The molecule has 6 atom stereocenters. The highest BCUT2D eigenvalue weighted by Crippen LogP contribution is 2.63. The molecular formula is C22H30O4. The molecular weight excluding hydrogens is 328 g/mol. The molecule has 142 valence electrons. The van der Waals surface area contributed by atoms with Crippen LogP contribution in [0.5, 0.6) is 0 Å². The van der Waals surface area contributed by atoms with E-state index in [4.69, 9.17) is 4.74 Å². The van der Waals surface area contributed by atoms with Crippen molar-refractivity contribution in [3.8, 4) is 0 Å². The summed E-state index contributed by atoms with van der Waals surface area (Å²) in [5.41, 5.74) is 0.907. The lowest BCUT2D eigenvalue weighted by atomic mass is 9.48. The molecule has 4 aliphatic rings. The number of Topliss-reactive ketones (excluding diaryl/α,β-unsaturated/α-hetero) is 1. The minimum absolute atomic E-state index is 0.00342. The van der Waals surface area contributed by atoms with Gasteiger partial charge < -0.3 is 4.74 Å². The van der Waals surface area contributed by atoms with E-state index in [0.29, 0.717) is 31.0 Å². The molecule has 26 heavy (non-hydrogen) atoms. The van der Waals surface area contributed by atoms with Crippen molar-refractivity contribution in [3.05, 3.63) is 11.6 Å². The molecule has 3 fully saturated rings. The Morgan fingerprint density at radius 2 is 1.81 bits per heavy atom. The predicted molar refractivity (Wildman–Crippen MR) is 97.3 cm³/mol. The fourth-order valence-corrected chi connectivity index (χ4v) is 6.51. The molecule has 0 aromatic carbocycles. The SMILES string of the molecule is CCC(=O)O[C@H]1CC[C@@]2(C)C(=CC(=O)C3C2CC[C@]2(C)C(=O)CCC32)C1. The molecule has 3 saturated carbocycles. The van der Waals surface area contributed by atoms with E-state index in [1.54, 1.807) is 0 Å². The molecule has 0 bridgehead atoms. The maximum atomic E-state index is 13.1. The summed E-state index contributed by atoms with van der Waals surface area (Å²) in [6.07, 6.45) is 8.09. The van der Waals surface area contributed by atoms with Crippen LogP contribution in [0.1, 0.15) is 72.1 Å². The summed E-state index contributed by atoms with van der Waals surface area (Å²) in [6, 6.07) is 0. The zero-order chi connectivity index (χ0) is 18.7. The zero-order valence-corrected chi connectivity index (χ0v) is 16.2. The number of carbonyl (C=O) groups excluding carboxylic acids is 3. The summed E-state index contributed by atoms with van der Waals surface area (Å²) < 4.78 is 5.57. The van der Waals surface area contributed by atoms with Crippen molar-refractivity contribution in [1.29, 1.82) is 0 Å². The minimum atomic E-state index is -0.285. The summed E-state index contributed by atoms with van der Waals surface area (Å²) in [7, 11) is 0. The third kappa shape index (κ3) is 2.44. The number of hydrogen-bond donors (Lipinski definition) is 0. The molecule has 0 amide bonds. The van der Waals surface area contributed by atoms with Gasteiger partial charge >= 0.3 is 5.97 Å². The standard InChI is InChI=1S/C22H30O4/c1-4-19(25)26-14-7-9-21(2)13(11-14)12-17(23)20-15-5-6-18(24)22(15,3)10-8-16(20)21/h12,14-16,20H,4-11H2,1-3H3/t14-,15?,16?,20?,21-,22-/m0/s1. The number of ether oxygens (including phenoxy) is 1. The second-order valence-electron chi connectivity index (χ2n) is 9.35. The summed E-state index contributed by atoms with van der Waals surface area (Å²) in [4.78, 5) is 37.2. The first-order valence-electron chi connectivity index (χ1n) is 10.3. The highest BCUT2D eigenvalue weighted by Gasteiger charge is 2.61. The van der Waals surface area contributed by atoms with Crippen molar-refractivity contribution >= 4 is 17.5 Å². The molecule has 0 aromatic rings. The topological polar surface area (TPSA) is 60.4 Å². The third-order valence-electron chi connectivity index (χ3n) is 8.20. The van der Waals surface area contributed by atoms with Crippen molar-refractivity contribution in [2.75, 3.05) is 0 Å². The van der Waals surface area contributed by atoms with Crippen molar-refractivity contribution in [2.45, 2.75) is 78.2 Å². The number of esters is 1. The first-order valence-corrected chi connectivity index (χ1v) is 10.3. The monoisotopic (exact) mass is 358 g/mol. The average molecular weight is 358 g/mol. The van der Waals surface area contributed by atoms with Crippen LogP contribution in [-0.2, 0) is 19.1 Å². The number of allylic oxidation sites excluding steroid dienone is 1. The van der Waals surface area contributed by atoms with Gasteiger partial charge in [-0.25, -0.2) is 0 Å². The quantitative estimate of drug-likeness (QED) is 0.700. The molecule has 3 unspecified atom stereocenters. The molecule has 4 aliphatic carbocycles. The normalized spacial score (nSPS) is 44.7. The maximum absolute atomic E-state index is 13.1. The predicted octanol–water partition coefficient (Wildman–Crippen LogP) is 4.02. The molecule has 0 spiro atoms. The van der Waals surface area contributed by atoms with Gasteiger partial charge in [-0.3, -0.25) is 14.4 Å². The fraction of sp³-hybridized carbons (Fsp3) is 0.773. The molecule has 4 nitrogen and oxygen atoms in total. The van der Waals surface area contributed by atoms with E-state index in [-0.39, 0.29) is 40.5 Å². The molecule has 0 saturated heterocycles. The van der Waals surface area contributed by atoms with Crippen molar-refractivity contribution < 1.29 is 19.1 Å². The van der Waals surface area contributed by atoms with Gasteiger partial charge in [0, 0.05) is 30.6 Å². The van der Waals surface area contributed by atoms with Gasteiger partial charge in [0.1, 0.15) is 11.9 Å². The molecule has 0 radical (unpaired) electrons. The van der Waals surface area contributed by atoms with Crippen LogP contribution in [0.3, 0.4) is 0 Å². The number of hydrogen-bond acceptors (Lipinski definition) is 4. The Kier molecular flexibility index (Phi) is 4.16. The van der Waals surface area contributed by atoms with Gasteiger partial charge in [-0.05, 0) is 55.4 Å². The number of fused-ring (bicyclic) bond motifs is 5. The van der Waals surface area contributed by atoms with Crippen LogP contribution in [0.2, 0.25) is 0 Å². The van der Waals surface area contributed by atoms with Gasteiger partial charge in [0.25, 0.3) is 0 Å². The van der Waals surface area contributed by atoms with Crippen LogP contribution in [0, 0.1) is 28.6 Å². The van der Waals surface area contributed by atoms with Crippen LogP contribution in [0.15, 0.2) is 11.6 Å². The van der Waals surface area contributed by atoms with E-state index in [9.17, 15) is 14.4 Å². The third-order valence-corrected chi connectivity index (χ3v) is 8.20. The average Bonchev–Trinajstić information content (AvgIpc) is 2.91. The van der Waals surface area contributed by atoms with E-state index in [1.165, 1.54) is 5.57 Å². The van der Waals surface area contributed by atoms with Gasteiger partial charge in [-0.15, -0.1) is 0 Å². The van der Waals surface area contributed by atoms with E-state index in [0.717, 1.165) is 32.1 Å². The lowest BCUT2D eigenvalue weighted by Gasteiger charge is -2.56. The van der Waals surface area contributed by atoms with Crippen LogP contribution in [0.25, 0.3) is 0 Å². The molecule has 0 aromatic heterocycles. The Hall–Kier alpha value is -1.45. The van der Waals surface area contributed by atoms with E-state index in [1.807, 2.05) is 13.0 Å². The second-order valence-corrected chi connectivity index (χ2v) is 9.35. The smallest absolute Gasteiger partial charge is 0.305 e. The molecule has 0 heterocycles. The van der Waals surface area contributed by atoms with Gasteiger partial charge in [-0.2, -0.15) is 0 Å². The number of ketones is 2. The first-order chi connectivity index (χ1) is 12.3. The van der Waals surface area contributed by atoms with Crippen molar-refractivity contribution in [2.24, 2.45) is 28.6 Å². The molecule has 4 heteroatoms. The van der Waals surface area contributed by atoms with E-state index in [2.05, 4.69) is 13.8 Å². The maximum Gasteiger partial charge on any atom is 0.305 e. The van der Waals surface area contributed by atoms with Gasteiger partial charge in [-0.1, -0.05) is 26.3 Å². The van der Waals surface area contributed by atoms with Gasteiger partial charge in [0.05, 0.1) is 0 Å². The summed E-state index contributed by atoms with van der Waals surface area (Å²) in [5.74, 6) is 0.980. The highest BCUT2D eigenvalue weighted by atomic mass is 16.5. The Labute approximate surface area is 155 Å². The lowest BCUT2D eigenvalue weighted by molar-refractivity contribution is -0.151. The zero-order valence-electron chi connectivity index (χ0n) is 16.2. The first kappa shape index (κ1) is 17.9. The summed E-state index contributed by atoms with van der Waals surface area (Å²) in [6.45, 7) is 6.21. The van der Waals surface area contributed by atoms with Gasteiger partial charge in [0.15, 0.2) is 5.78 Å². The Balaban J connectivity index is 1.63.